The molecule has 0 bridgehead atoms. The molecule has 6 nitrogen and oxygen atoms in total. The van der Waals surface area contributed by atoms with Gasteiger partial charge in [0.15, 0.2) is 5.11 Å². The lowest BCUT2D eigenvalue weighted by atomic mass is 9.97. The van der Waals surface area contributed by atoms with Crippen molar-refractivity contribution in [2.75, 3.05) is 27.2 Å². The SMILES string of the molecule is Cc1cccnc1-n1c(C)cc([C@H]2[C@H](c3ccccn3)NC(=S)N2CCN(C)C)c1C. The molecule has 0 saturated carbocycles. The topological polar surface area (TPSA) is 49.2 Å². The van der Waals surface area contributed by atoms with E-state index in [1.807, 2.05) is 30.6 Å². The van der Waals surface area contributed by atoms with Gasteiger partial charge in [0, 0.05) is 36.9 Å². The monoisotopic (exact) mass is 434 g/mol. The summed E-state index contributed by atoms with van der Waals surface area (Å²) in [6.07, 6.45) is 3.70. The van der Waals surface area contributed by atoms with Crippen molar-refractivity contribution in [3.8, 4) is 5.82 Å². The van der Waals surface area contributed by atoms with Crippen LogP contribution in [0.15, 0.2) is 48.8 Å². The lowest BCUT2D eigenvalue weighted by Crippen LogP contribution is -2.35. The largest absolute Gasteiger partial charge is 0.352 e. The van der Waals surface area contributed by atoms with Gasteiger partial charge in [-0.2, -0.15) is 0 Å². The Bertz CT molecular complexity index is 1070. The minimum absolute atomic E-state index is 0.00496. The first-order chi connectivity index (χ1) is 14.9. The van der Waals surface area contributed by atoms with Crippen LogP contribution in [-0.4, -0.2) is 56.6 Å². The van der Waals surface area contributed by atoms with Gasteiger partial charge in [0.2, 0.25) is 0 Å². The third-order valence-electron chi connectivity index (χ3n) is 5.97. The Morgan fingerprint density at radius 3 is 2.52 bits per heavy atom. The molecule has 162 valence electrons. The lowest BCUT2D eigenvalue weighted by Gasteiger charge is -2.29. The van der Waals surface area contributed by atoms with Crippen LogP contribution in [0, 0.1) is 20.8 Å². The molecule has 4 heterocycles. The molecule has 1 saturated heterocycles. The fourth-order valence-corrected chi connectivity index (χ4v) is 4.75. The highest BCUT2D eigenvalue weighted by Crippen LogP contribution is 2.41. The van der Waals surface area contributed by atoms with Gasteiger partial charge in [-0.1, -0.05) is 12.1 Å². The maximum Gasteiger partial charge on any atom is 0.170 e. The quantitative estimate of drug-likeness (QED) is 0.597. The summed E-state index contributed by atoms with van der Waals surface area (Å²) in [4.78, 5) is 13.8. The van der Waals surface area contributed by atoms with Gasteiger partial charge >= 0.3 is 0 Å². The first-order valence-corrected chi connectivity index (χ1v) is 11.0. The van der Waals surface area contributed by atoms with Gasteiger partial charge in [0.25, 0.3) is 0 Å². The molecule has 0 aromatic carbocycles. The number of hydrogen-bond donors (Lipinski definition) is 1. The average Bonchev–Trinajstić information content (AvgIpc) is 3.23. The van der Waals surface area contributed by atoms with Gasteiger partial charge in [0.1, 0.15) is 5.82 Å². The van der Waals surface area contributed by atoms with Crippen LogP contribution in [0.5, 0.6) is 0 Å². The third kappa shape index (κ3) is 4.07. The molecule has 1 aliphatic heterocycles. The third-order valence-corrected chi connectivity index (χ3v) is 6.32. The van der Waals surface area contributed by atoms with Crippen molar-refractivity contribution in [1.82, 2.24) is 29.7 Å². The van der Waals surface area contributed by atoms with E-state index in [1.54, 1.807) is 0 Å². The highest BCUT2D eigenvalue weighted by Gasteiger charge is 2.41. The smallest absolute Gasteiger partial charge is 0.170 e. The molecular weight excluding hydrogens is 404 g/mol. The summed E-state index contributed by atoms with van der Waals surface area (Å²) in [6.45, 7) is 8.19. The van der Waals surface area contributed by atoms with Crippen molar-refractivity contribution >= 4 is 17.3 Å². The van der Waals surface area contributed by atoms with E-state index >= 15 is 0 Å². The Morgan fingerprint density at radius 1 is 1.06 bits per heavy atom. The van der Waals surface area contributed by atoms with Crippen molar-refractivity contribution in [2.24, 2.45) is 0 Å². The molecule has 0 amide bonds. The maximum atomic E-state index is 5.79. The number of likely N-dealkylation sites (N-methyl/N-ethyl adjacent to an activating group) is 1. The van der Waals surface area contributed by atoms with Gasteiger partial charge in [-0.15, -0.1) is 0 Å². The highest BCUT2D eigenvalue weighted by atomic mass is 32.1. The van der Waals surface area contributed by atoms with Crippen LogP contribution in [0.25, 0.3) is 5.82 Å². The van der Waals surface area contributed by atoms with Crippen molar-refractivity contribution in [3.63, 3.8) is 0 Å². The van der Waals surface area contributed by atoms with Gasteiger partial charge in [-0.25, -0.2) is 4.98 Å². The normalized spacial score (nSPS) is 18.6. The zero-order valence-electron chi connectivity index (χ0n) is 18.8. The molecule has 3 aromatic rings. The summed E-state index contributed by atoms with van der Waals surface area (Å²) in [5.41, 5.74) is 5.76. The van der Waals surface area contributed by atoms with E-state index in [1.165, 1.54) is 17.0 Å². The van der Waals surface area contributed by atoms with Gasteiger partial charge in [0.05, 0.1) is 17.8 Å². The molecule has 1 fully saturated rings. The van der Waals surface area contributed by atoms with E-state index < -0.39 is 0 Å². The van der Waals surface area contributed by atoms with Gasteiger partial charge < -0.3 is 19.7 Å². The number of aryl methyl sites for hydroxylation is 2. The van der Waals surface area contributed by atoms with Crippen molar-refractivity contribution in [3.05, 3.63) is 77.0 Å². The molecular formula is C24H30N6S. The molecule has 0 radical (unpaired) electrons. The number of hydrogen-bond acceptors (Lipinski definition) is 4. The Balaban J connectivity index is 1.82. The molecule has 31 heavy (non-hydrogen) atoms. The summed E-state index contributed by atoms with van der Waals surface area (Å²) in [7, 11) is 4.18. The molecule has 7 heteroatoms. The number of pyridine rings is 2. The summed E-state index contributed by atoms with van der Waals surface area (Å²) in [6, 6.07) is 12.5. The number of rotatable bonds is 6. The number of nitrogens with zero attached hydrogens (tertiary/aromatic N) is 5. The second-order valence-electron chi connectivity index (χ2n) is 8.43. The molecule has 0 spiro atoms. The van der Waals surface area contributed by atoms with Crippen LogP contribution in [0.2, 0.25) is 0 Å². The predicted octanol–water partition coefficient (Wildman–Crippen LogP) is 3.73. The number of thiocarbonyl (C=S) groups is 1. The standard InChI is InChI=1S/C24H30N6S/c1-16-9-8-12-26-23(16)30-17(2)15-19(18(30)3)22-21(20-10-6-7-11-25-20)27-24(31)29(22)14-13-28(4)5/h6-12,15,21-22H,13-14H2,1-5H3,(H,27,31)/t21-,22-/m0/s1. The second kappa shape index (κ2) is 8.77. The minimum Gasteiger partial charge on any atom is -0.352 e. The Labute approximate surface area is 189 Å². The Kier molecular flexibility index (Phi) is 6.07. The highest BCUT2D eigenvalue weighted by molar-refractivity contribution is 7.80. The van der Waals surface area contributed by atoms with Crippen molar-refractivity contribution < 1.29 is 0 Å². The molecule has 1 N–H and O–H groups in total. The first kappa shape index (κ1) is 21.5. The van der Waals surface area contributed by atoms with Crippen LogP contribution in [0.1, 0.15) is 40.3 Å². The minimum atomic E-state index is -0.00496. The van der Waals surface area contributed by atoms with E-state index in [0.29, 0.717) is 0 Å². The summed E-state index contributed by atoms with van der Waals surface area (Å²) < 4.78 is 2.26. The molecule has 0 aliphatic carbocycles. The van der Waals surface area contributed by atoms with E-state index in [2.05, 4.69) is 82.7 Å². The molecule has 4 rings (SSSR count). The van der Waals surface area contributed by atoms with Crippen LogP contribution in [-0.2, 0) is 0 Å². The van der Waals surface area contributed by atoms with E-state index in [-0.39, 0.29) is 12.1 Å². The Hall–Kier alpha value is -2.77. The fraction of sp³-hybridized carbons (Fsp3) is 0.375. The van der Waals surface area contributed by atoms with E-state index in [0.717, 1.165) is 35.3 Å². The van der Waals surface area contributed by atoms with Crippen LogP contribution in [0.4, 0.5) is 0 Å². The van der Waals surface area contributed by atoms with Crippen LogP contribution < -0.4 is 5.32 Å². The van der Waals surface area contributed by atoms with Crippen LogP contribution in [0.3, 0.4) is 0 Å². The second-order valence-corrected chi connectivity index (χ2v) is 8.82. The zero-order valence-corrected chi connectivity index (χ0v) is 19.6. The lowest BCUT2D eigenvalue weighted by molar-refractivity contribution is 0.277. The first-order valence-electron chi connectivity index (χ1n) is 10.6. The van der Waals surface area contributed by atoms with Gasteiger partial charge in [-0.3, -0.25) is 4.98 Å². The molecule has 0 unspecified atom stereocenters. The van der Waals surface area contributed by atoms with E-state index in [9.17, 15) is 0 Å². The molecule has 2 atom stereocenters. The number of aromatic nitrogens is 3. The maximum absolute atomic E-state index is 5.79. The average molecular weight is 435 g/mol. The summed E-state index contributed by atoms with van der Waals surface area (Å²) in [5.74, 6) is 0.978. The van der Waals surface area contributed by atoms with E-state index in [4.69, 9.17) is 12.2 Å². The number of nitrogens with one attached hydrogen (secondary N) is 1. The fourth-order valence-electron chi connectivity index (χ4n) is 4.42. The Morgan fingerprint density at radius 2 is 1.84 bits per heavy atom. The summed E-state index contributed by atoms with van der Waals surface area (Å²) in [5, 5.41) is 4.33. The van der Waals surface area contributed by atoms with Crippen molar-refractivity contribution in [2.45, 2.75) is 32.9 Å². The van der Waals surface area contributed by atoms with Gasteiger partial charge in [-0.05, 0) is 82.5 Å². The van der Waals surface area contributed by atoms with Crippen LogP contribution >= 0.6 is 12.2 Å². The molecule has 3 aromatic heterocycles. The molecule has 1 aliphatic rings. The summed E-state index contributed by atoms with van der Waals surface area (Å²) >= 11 is 5.79. The zero-order chi connectivity index (χ0) is 22.1. The predicted molar refractivity (Wildman–Crippen MR) is 128 cm³/mol. The van der Waals surface area contributed by atoms with Crippen molar-refractivity contribution in [1.29, 1.82) is 0 Å².